The van der Waals surface area contributed by atoms with Crippen molar-refractivity contribution in [3.05, 3.63) is 83.9 Å². The third-order valence-corrected chi connectivity index (χ3v) is 8.12. The highest BCUT2D eigenvalue weighted by Crippen LogP contribution is 2.57. The number of ether oxygens (including phenoxy) is 1. The van der Waals surface area contributed by atoms with Crippen molar-refractivity contribution in [1.82, 2.24) is 9.55 Å². The van der Waals surface area contributed by atoms with Gasteiger partial charge in [-0.05, 0) is 55.7 Å². The summed E-state index contributed by atoms with van der Waals surface area (Å²) in [6, 6.07) is 25.1. The lowest BCUT2D eigenvalue weighted by Gasteiger charge is -2.52. The smallest absolute Gasteiger partial charge is 0.167 e. The Bertz CT molecular complexity index is 1430. The van der Waals surface area contributed by atoms with Crippen LogP contribution in [0.4, 0.5) is 0 Å². The molecule has 3 aliphatic rings. The fourth-order valence-electron chi connectivity index (χ4n) is 6.14. The summed E-state index contributed by atoms with van der Waals surface area (Å²) >= 11 is 0. The van der Waals surface area contributed by atoms with E-state index in [1.165, 1.54) is 0 Å². The van der Waals surface area contributed by atoms with Crippen molar-refractivity contribution in [3.63, 3.8) is 0 Å². The Labute approximate surface area is 205 Å². The van der Waals surface area contributed by atoms with Crippen LogP contribution >= 0.6 is 0 Å². The van der Waals surface area contributed by atoms with Crippen molar-refractivity contribution in [3.8, 4) is 39.7 Å². The molecule has 1 aromatic heterocycles. The number of aromatic nitrogens is 2. The number of aryl methyl sites for hydroxylation is 1. The summed E-state index contributed by atoms with van der Waals surface area (Å²) in [6.07, 6.45) is 3.55. The van der Waals surface area contributed by atoms with Gasteiger partial charge in [0.05, 0.1) is 22.6 Å². The Hall–Kier alpha value is -3.41. The standard InChI is InChI=1S/C30H29N3O2/c1-19-6-5-9-24-27(19)35-18-33-26(21-7-3-2-4-8-21)25(32-28(24)33)20-10-12-22(13-11-20)29(31)16-30(34,17-29)23-14-15-23/h2-13,23,34H,14-18,31H2,1H3. The number of aliphatic hydroxyl groups is 1. The molecule has 2 aliphatic carbocycles. The molecule has 0 spiro atoms. The molecule has 0 amide bonds. The molecule has 7 rings (SSSR count). The van der Waals surface area contributed by atoms with E-state index in [0.717, 1.165) is 63.6 Å². The summed E-state index contributed by atoms with van der Waals surface area (Å²) in [7, 11) is 0. The Balaban J connectivity index is 1.31. The monoisotopic (exact) mass is 463 g/mol. The normalized spacial score (nSPS) is 24.8. The predicted octanol–water partition coefficient (Wildman–Crippen LogP) is 5.63. The van der Waals surface area contributed by atoms with E-state index in [2.05, 4.69) is 78.2 Å². The molecule has 5 heteroatoms. The molecule has 2 saturated carbocycles. The number of imidazole rings is 1. The Morgan fingerprint density at radius 1 is 0.943 bits per heavy atom. The zero-order valence-electron chi connectivity index (χ0n) is 19.9. The third-order valence-electron chi connectivity index (χ3n) is 8.12. The number of para-hydroxylation sites is 1. The van der Waals surface area contributed by atoms with Gasteiger partial charge < -0.3 is 15.6 Å². The second-order valence-electron chi connectivity index (χ2n) is 10.6. The van der Waals surface area contributed by atoms with E-state index in [4.69, 9.17) is 15.5 Å². The number of rotatable bonds is 4. The van der Waals surface area contributed by atoms with E-state index in [-0.39, 0.29) is 0 Å². The van der Waals surface area contributed by atoms with Gasteiger partial charge >= 0.3 is 0 Å². The summed E-state index contributed by atoms with van der Waals surface area (Å²) < 4.78 is 8.38. The van der Waals surface area contributed by atoms with Crippen LogP contribution in [0, 0.1) is 12.8 Å². The van der Waals surface area contributed by atoms with Crippen molar-refractivity contribution < 1.29 is 9.84 Å². The van der Waals surface area contributed by atoms with Crippen molar-refractivity contribution in [2.24, 2.45) is 11.7 Å². The van der Waals surface area contributed by atoms with Gasteiger partial charge in [-0.3, -0.25) is 4.57 Å². The van der Waals surface area contributed by atoms with Crippen LogP contribution in [-0.2, 0) is 12.3 Å². The zero-order valence-corrected chi connectivity index (χ0v) is 19.9. The van der Waals surface area contributed by atoms with Crippen molar-refractivity contribution in [2.75, 3.05) is 0 Å². The lowest BCUT2D eigenvalue weighted by atomic mass is 9.60. The molecule has 176 valence electrons. The molecule has 0 atom stereocenters. The fraction of sp³-hybridized carbons (Fsp3) is 0.300. The number of hydrogen-bond acceptors (Lipinski definition) is 4. The van der Waals surface area contributed by atoms with Gasteiger partial charge in [-0.15, -0.1) is 0 Å². The van der Waals surface area contributed by atoms with Gasteiger partial charge in [0.15, 0.2) is 6.73 Å². The average molecular weight is 464 g/mol. The Morgan fingerprint density at radius 2 is 1.69 bits per heavy atom. The molecule has 5 nitrogen and oxygen atoms in total. The second kappa shape index (κ2) is 7.30. The zero-order chi connectivity index (χ0) is 23.8. The maximum Gasteiger partial charge on any atom is 0.167 e. The first-order valence-electron chi connectivity index (χ1n) is 12.5. The molecular weight excluding hydrogens is 434 g/mol. The van der Waals surface area contributed by atoms with E-state index >= 15 is 0 Å². The molecule has 2 fully saturated rings. The number of nitrogens with two attached hydrogens (primary N) is 1. The van der Waals surface area contributed by atoms with Crippen LogP contribution in [0.1, 0.15) is 36.8 Å². The molecule has 4 aromatic rings. The molecule has 0 saturated heterocycles. The van der Waals surface area contributed by atoms with E-state index < -0.39 is 11.1 Å². The first kappa shape index (κ1) is 20.9. The lowest BCUT2D eigenvalue weighted by molar-refractivity contribution is -0.106. The van der Waals surface area contributed by atoms with Crippen molar-refractivity contribution >= 4 is 0 Å². The number of fused-ring (bicyclic) bond motifs is 3. The highest BCUT2D eigenvalue weighted by Gasteiger charge is 2.58. The van der Waals surface area contributed by atoms with Crippen molar-refractivity contribution in [1.29, 1.82) is 0 Å². The minimum atomic E-state index is -0.567. The number of hydrogen-bond donors (Lipinski definition) is 2. The molecule has 0 radical (unpaired) electrons. The van der Waals surface area contributed by atoms with Crippen LogP contribution in [0.5, 0.6) is 5.75 Å². The topological polar surface area (TPSA) is 73.3 Å². The number of benzene rings is 3. The van der Waals surface area contributed by atoms with E-state index in [0.29, 0.717) is 25.5 Å². The highest BCUT2D eigenvalue weighted by molar-refractivity contribution is 5.84. The van der Waals surface area contributed by atoms with Crippen LogP contribution < -0.4 is 10.5 Å². The third kappa shape index (κ3) is 3.19. The predicted molar refractivity (Wildman–Crippen MR) is 137 cm³/mol. The van der Waals surface area contributed by atoms with Gasteiger partial charge in [0.1, 0.15) is 11.6 Å². The lowest BCUT2D eigenvalue weighted by Crippen LogP contribution is -2.60. The molecular formula is C30H29N3O2. The van der Waals surface area contributed by atoms with Crippen LogP contribution in [0.2, 0.25) is 0 Å². The van der Waals surface area contributed by atoms with Gasteiger partial charge in [0.25, 0.3) is 0 Å². The SMILES string of the molecule is Cc1cccc2c1OCn1c-2nc(-c2ccc(C3(N)CC(O)(C4CC4)C3)cc2)c1-c1ccccc1. The molecule has 35 heavy (non-hydrogen) atoms. The fourth-order valence-corrected chi connectivity index (χ4v) is 6.14. The minimum Gasteiger partial charge on any atom is -0.472 e. The summed E-state index contributed by atoms with van der Waals surface area (Å²) in [5.74, 6) is 2.28. The average Bonchev–Trinajstić information content (AvgIpc) is 3.64. The van der Waals surface area contributed by atoms with Crippen LogP contribution in [-0.4, -0.2) is 20.3 Å². The quantitative estimate of drug-likeness (QED) is 0.411. The Kier molecular flexibility index (Phi) is 4.36. The molecule has 0 bridgehead atoms. The van der Waals surface area contributed by atoms with Crippen LogP contribution in [0.15, 0.2) is 72.8 Å². The largest absolute Gasteiger partial charge is 0.472 e. The molecule has 3 N–H and O–H groups in total. The van der Waals surface area contributed by atoms with Gasteiger partial charge in [-0.1, -0.05) is 66.7 Å². The summed E-state index contributed by atoms with van der Waals surface area (Å²) in [5, 5.41) is 10.8. The van der Waals surface area contributed by atoms with E-state index in [9.17, 15) is 5.11 Å². The van der Waals surface area contributed by atoms with E-state index in [1.54, 1.807) is 0 Å². The maximum atomic E-state index is 10.8. The van der Waals surface area contributed by atoms with Gasteiger partial charge in [-0.25, -0.2) is 4.98 Å². The number of nitrogens with zero attached hydrogens (tertiary/aromatic N) is 2. The maximum absolute atomic E-state index is 10.8. The van der Waals surface area contributed by atoms with Crippen molar-refractivity contribution in [2.45, 2.75) is 50.5 Å². The first-order valence-corrected chi connectivity index (χ1v) is 12.5. The van der Waals surface area contributed by atoms with Gasteiger partial charge in [0, 0.05) is 16.7 Å². The van der Waals surface area contributed by atoms with E-state index in [1.807, 2.05) is 6.07 Å². The summed E-state index contributed by atoms with van der Waals surface area (Å²) in [6.45, 7) is 2.50. The molecule has 3 aromatic carbocycles. The minimum absolute atomic E-state index is 0.425. The highest BCUT2D eigenvalue weighted by atomic mass is 16.5. The Morgan fingerprint density at radius 3 is 2.40 bits per heavy atom. The van der Waals surface area contributed by atoms with Gasteiger partial charge in [0.2, 0.25) is 0 Å². The van der Waals surface area contributed by atoms with Gasteiger partial charge in [-0.2, -0.15) is 0 Å². The summed E-state index contributed by atoms with van der Waals surface area (Å²) in [5.41, 5.74) is 13.1. The molecule has 2 heterocycles. The van der Waals surface area contributed by atoms with Crippen LogP contribution in [0.25, 0.3) is 33.9 Å². The molecule has 0 unspecified atom stereocenters. The summed E-state index contributed by atoms with van der Waals surface area (Å²) in [4.78, 5) is 5.17. The van der Waals surface area contributed by atoms with Crippen LogP contribution in [0.3, 0.4) is 0 Å². The second-order valence-corrected chi connectivity index (χ2v) is 10.6. The molecule has 1 aliphatic heterocycles. The first-order chi connectivity index (χ1) is 17.0.